The summed E-state index contributed by atoms with van der Waals surface area (Å²) in [6.07, 6.45) is 2.59. The second-order valence-electron chi connectivity index (χ2n) is 5.51. The van der Waals surface area contributed by atoms with Gasteiger partial charge in [0.15, 0.2) is 0 Å². The Morgan fingerprint density at radius 1 is 1.39 bits per heavy atom. The second-order valence-corrected chi connectivity index (χ2v) is 6.68. The van der Waals surface area contributed by atoms with Crippen LogP contribution in [-0.4, -0.2) is 26.7 Å². The molecule has 23 heavy (non-hydrogen) atoms. The highest BCUT2D eigenvalue weighted by molar-refractivity contribution is 7.12. The zero-order valence-corrected chi connectivity index (χ0v) is 14.6. The lowest BCUT2D eigenvalue weighted by atomic mass is 10.2. The number of fused-ring (bicyclic) bond motifs is 1. The van der Waals surface area contributed by atoms with Gasteiger partial charge in [-0.05, 0) is 31.9 Å². The highest BCUT2D eigenvalue weighted by Gasteiger charge is 2.14. The zero-order chi connectivity index (χ0) is 16.4. The molecular weight excluding hydrogens is 310 g/mol. The Hall–Kier alpha value is -1.99. The molecule has 0 aliphatic carbocycles. The number of ether oxygens (including phenoxy) is 1. The first-order chi connectivity index (χ1) is 11.1. The Morgan fingerprint density at radius 3 is 2.91 bits per heavy atom. The molecule has 0 radical (unpaired) electrons. The Morgan fingerprint density at radius 2 is 2.22 bits per heavy atom. The summed E-state index contributed by atoms with van der Waals surface area (Å²) < 4.78 is 6.91. The fraction of sp³-hybridized carbons (Fsp3) is 0.438. The van der Waals surface area contributed by atoms with Crippen LogP contribution >= 0.6 is 11.3 Å². The van der Waals surface area contributed by atoms with E-state index in [1.807, 2.05) is 17.4 Å². The van der Waals surface area contributed by atoms with Crippen LogP contribution in [0.25, 0.3) is 5.78 Å². The standard InChI is InChI=1S/C16H21N5OS/c1-5-13-10(2)6-14(23-13)11(3)19-15-7-12(8-22-4)20-16-17-9-18-21(15)16/h6-7,9,11,19H,5,8H2,1-4H3. The van der Waals surface area contributed by atoms with Crippen molar-refractivity contribution in [2.75, 3.05) is 12.4 Å². The van der Waals surface area contributed by atoms with Crippen LogP contribution in [-0.2, 0) is 17.8 Å². The maximum atomic E-state index is 5.19. The summed E-state index contributed by atoms with van der Waals surface area (Å²) in [6.45, 7) is 6.97. The Kier molecular flexibility index (Phi) is 4.58. The third-order valence-corrected chi connectivity index (χ3v) is 5.31. The molecule has 0 spiro atoms. The highest BCUT2D eigenvalue weighted by Crippen LogP contribution is 2.29. The van der Waals surface area contributed by atoms with Gasteiger partial charge in [0.1, 0.15) is 12.1 Å². The molecule has 0 bridgehead atoms. The highest BCUT2D eigenvalue weighted by atomic mass is 32.1. The van der Waals surface area contributed by atoms with Gasteiger partial charge in [0.25, 0.3) is 5.78 Å². The lowest BCUT2D eigenvalue weighted by Gasteiger charge is -2.15. The maximum Gasteiger partial charge on any atom is 0.254 e. The molecule has 3 aromatic heterocycles. The summed E-state index contributed by atoms with van der Waals surface area (Å²) in [7, 11) is 1.66. The first-order valence-electron chi connectivity index (χ1n) is 7.66. The molecule has 7 heteroatoms. The van der Waals surface area contributed by atoms with Crippen molar-refractivity contribution in [2.24, 2.45) is 0 Å². The summed E-state index contributed by atoms with van der Waals surface area (Å²) in [5, 5.41) is 7.77. The monoisotopic (exact) mass is 331 g/mol. The Balaban J connectivity index is 1.91. The predicted molar refractivity (Wildman–Crippen MR) is 92.0 cm³/mol. The third-order valence-electron chi connectivity index (χ3n) is 3.75. The lowest BCUT2D eigenvalue weighted by Crippen LogP contribution is -2.11. The normalized spacial score (nSPS) is 12.7. The van der Waals surface area contributed by atoms with Gasteiger partial charge in [-0.25, -0.2) is 4.98 Å². The van der Waals surface area contributed by atoms with Crippen molar-refractivity contribution >= 4 is 22.9 Å². The van der Waals surface area contributed by atoms with Crippen molar-refractivity contribution in [1.29, 1.82) is 0 Å². The number of nitrogens with zero attached hydrogens (tertiary/aromatic N) is 4. The van der Waals surface area contributed by atoms with E-state index in [-0.39, 0.29) is 6.04 Å². The van der Waals surface area contributed by atoms with Gasteiger partial charge in [-0.15, -0.1) is 11.3 Å². The molecule has 0 aliphatic rings. The number of methoxy groups -OCH3 is 1. The number of hydrogen-bond donors (Lipinski definition) is 1. The minimum Gasteiger partial charge on any atom is -0.378 e. The number of hydrogen-bond acceptors (Lipinski definition) is 6. The van der Waals surface area contributed by atoms with Gasteiger partial charge < -0.3 is 10.1 Å². The van der Waals surface area contributed by atoms with Gasteiger partial charge in [-0.1, -0.05) is 6.92 Å². The van der Waals surface area contributed by atoms with Crippen LogP contribution in [0.3, 0.4) is 0 Å². The number of anilines is 1. The third kappa shape index (κ3) is 3.20. The van der Waals surface area contributed by atoms with Crippen molar-refractivity contribution in [2.45, 2.75) is 39.8 Å². The molecule has 6 nitrogen and oxygen atoms in total. The summed E-state index contributed by atoms with van der Waals surface area (Å²) in [6, 6.07) is 4.41. The number of nitrogens with one attached hydrogen (secondary N) is 1. The molecular formula is C16H21N5OS. The first-order valence-corrected chi connectivity index (χ1v) is 8.48. The van der Waals surface area contributed by atoms with E-state index in [1.54, 1.807) is 11.6 Å². The number of aryl methyl sites for hydroxylation is 2. The minimum atomic E-state index is 0.184. The van der Waals surface area contributed by atoms with E-state index in [0.29, 0.717) is 12.4 Å². The molecule has 3 rings (SSSR count). The van der Waals surface area contributed by atoms with E-state index >= 15 is 0 Å². The van der Waals surface area contributed by atoms with Gasteiger partial charge in [0.2, 0.25) is 0 Å². The van der Waals surface area contributed by atoms with Crippen molar-refractivity contribution in [1.82, 2.24) is 19.6 Å². The molecule has 0 aromatic carbocycles. The van der Waals surface area contributed by atoms with Gasteiger partial charge >= 0.3 is 0 Å². The topological polar surface area (TPSA) is 64.3 Å². The van der Waals surface area contributed by atoms with E-state index in [9.17, 15) is 0 Å². The summed E-state index contributed by atoms with van der Waals surface area (Å²) in [5.41, 5.74) is 2.20. The predicted octanol–water partition coefficient (Wildman–Crippen LogP) is 3.38. The number of thiophene rings is 1. The van der Waals surface area contributed by atoms with Crippen molar-refractivity contribution < 1.29 is 4.74 Å². The van der Waals surface area contributed by atoms with Crippen molar-refractivity contribution in [3.8, 4) is 0 Å². The molecule has 3 heterocycles. The van der Waals surface area contributed by atoms with E-state index in [2.05, 4.69) is 47.2 Å². The van der Waals surface area contributed by atoms with E-state index < -0.39 is 0 Å². The van der Waals surface area contributed by atoms with Crippen LogP contribution in [0.1, 0.15) is 40.9 Å². The smallest absolute Gasteiger partial charge is 0.254 e. The van der Waals surface area contributed by atoms with Gasteiger partial charge in [-0.2, -0.15) is 14.6 Å². The van der Waals surface area contributed by atoms with Crippen molar-refractivity contribution in [3.05, 3.63) is 39.5 Å². The van der Waals surface area contributed by atoms with Crippen molar-refractivity contribution in [3.63, 3.8) is 0 Å². The molecule has 3 aromatic rings. The Bertz CT molecular complexity index is 810. The molecule has 1 N–H and O–H groups in total. The fourth-order valence-electron chi connectivity index (χ4n) is 2.59. The van der Waals surface area contributed by atoms with Gasteiger partial charge in [-0.3, -0.25) is 0 Å². The average molecular weight is 331 g/mol. The fourth-order valence-corrected chi connectivity index (χ4v) is 3.71. The first kappa shape index (κ1) is 15.9. The van der Waals surface area contributed by atoms with Crippen LogP contribution in [0.2, 0.25) is 0 Å². The van der Waals surface area contributed by atoms with Gasteiger partial charge in [0.05, 0.1) is 18.3 Å². The van der Waals surface area contributed by atoms with E-state index in [0.717, 1.165) is 17.9 Å². The number of aromatic nitrogens is 4. The molecule has 1 unspecified atom stereocenters. The van der Waals surface area contributed by atoms with Crippen LogP contribution in [0.4, 0.5) is 5.82 Å². The SMILES string of the molecule is CCc1sc(C(C)Nc2cc(COC)nc3ncnn23)cc1C. The molecule has 0 saturated heterocycles. The van der Waals surface area contributed by atoms with Crippen LogP contribution in [0.15, 0.2) is 18.5 Å². The second kappa shape index (κ2) is 6.64. The molecule has 0 aliphatic heterocycles. The van der Waals surface area contributed by atoms with E-state index in [1.165, 1.54) is 21.6 Å². The molecule has 0 amide bonds. The quantitative estimate of drug-likeness (QED) is 0.750. The molecule has 122 valence electrons. The largest absolute Gasteiger partial charge is 0.378 e. The molecule has 1 atom stereocenters. The summed E-state index contributed by atoms with van der Waals surface area (Å²) in [4.78, 5) is 11.4. The maximum absolute atomic E-state index is 5.19. The van der Waals surface area contributed by atoms with Crippen LogP contribution in [0.5, 0.6) is 0 Å². The average Bonchev–Trinajstić information content (AvgIpc) is 3.13. The van der Waals surface area contributed by atoms with E-state index in [4.69, 9.17) is 4.74 Å². The van der Waals surface area contributed by atoms with Gasteiger partial charge in [0, 0.05) is 22.9 Å². The molecule has 0 saturated carbocycles. The zero-order valence-electron chi connectivity index (χ0n) is 13.8. The summed E-state index contributed by atoms with van der Waals surface area (Å²) in [5.74, 6) is 1.45. The number of rotatable bonds is 6. The van der Waals surface area contributed by atoms with Crippen LogP contribution < -0.4 is 5.32 Å². The minimum absolute atomic E-state index is 0.184. The van der Waals surface area contributed by atoms with Crippen LogP contribution in [0, 0.1) is 6.92 Å². The molecule has 0 fully saturated rings. The summed E-state index contributed by atoms with van der Waals surface area (Å²) >= 11 is 1.86. The lowest BCUT2D eigenvalue weighted by molar-refractivity contribution is 0.181. The Labute approximate surface area is 139 Å².